The Bertz CT molecular complexity index is 533. The average molecular weight is 320 g/mol. The predicted octanol–water partition coefficient (Wildman–Crippen LogP) is 2.41. The van der Waals surface area contributed by atoms with E-state index in [9.17, 15) is 4.79 Å². The summed E-state index contributed by atoms with van der Waals surface area (Å²) in [5.74, 6) is 1.57. The number of amides is 1. The van der Waals surface area contributed by atoms with E-state index in [-0.39, 0.29) is 18.0 Å². The fraction of sp³-hybridized carbons (Fsp3) is 0.588. The molecule has 1 saturated heterocycles. The van der Waals surface area contributed by atoms with E-state index in [0.717, 1.165) is 18.7 Å². The van der Waals surface area contributed by atoms with Crippen LogP contribution in [0.3, 0.4) is 0 Å². The Balaban J connectivity index is 1.81. The van der Waals surface area contributed by atoms with E-state index in [1.165, 1.54) is 18.4 Å². The van der Waals surface area contributed by atoms with Crippen molar-refractivity contribution in [3.8, 4) is 5.75 Å². The molecule has 0 aromatic heterocycles. The molecule has 1 heterocycles. The van der Waals surface area contributed by atoms with Gasteiger partial charge in [0.15, 0.2) is 0 Å². The molecule has 0 spiro atoms. The first-order valence-electron chi connectivity index (χ1n) is 8.03. The molecular formula is C17H24N2O2S. The summed E-state index contributed by atoms with van der Waals surface area (Å²) in [6, 6.07) is 9.36. The summed E-state index contributed by atoms with van der Waals surface area (Å²) in [7, 11) is 1.69. The second-order valence-electron chi connectivity index (χ2n) is 6.13. The van der Waals surface area contributed by atoms with E-state index in [0.29, 0.717) is 18.2 Å². The van der Waals surface area contributed by atoms with Crippen LogP contribution in [0.1, 0.15) is 37.3 Å². The van der Waals surface area contributed by atoms with Gasteiger partial charge >= 0.3 is 0 Å². The van der Waals surface area contributed by atoms with Crippen LogP contribution in [-0.2, 0) is 4.79 Å². The molecule has 4 nitrogen and oxygen atoms in total. The van der Waals surface area contributed by atoms with Crippen LogP contribution in [-0.4, -0.2) is 42.3 Å². The first-order chi connectivity index (χ1) is 10.7. The number of carbonyl (C=O) groups is 1. The number of thiol groups is 1. The van der Waals surface area contributed by atoms with Crippen LogP contribution in [0.2, 0.25) is 0 Å². The second-order valence-corrected chi connectivity index (χ2v) is 6.57. The maximum Gasteiger partial charge on any atom is 0.221 e. The number of hydrogen-bond acceptors (Lipinski definition) is 4. The van der Waals surface area contributed by atoms with Gasteiger partial charge in [0, 0.05) is 25.0 Å². The van der Waals surface area contributed by atoms with E-state index in [2.05, 4.69) is 35.0 Å². The summed E-state index contributed by atoms with van der Waals surface area (Å²) < 4.78 is 5.36. The van der Waals surface area contributed by atoms with E-state index in [1.807, 2.05) is 12.1 Å². The monoisotopic (exact) mass is 320 g/mol. The fourth-order valence-corrected chi connectivity index (χ4v) is 3.62. The zero-order chi connectivity index (χ0) is 15.5. The van der Waals surface area contributed by atoms with Gasteiger partial charge in [-0.15, -0.1) is 0 Å². The minimum atomic E-state index is 0.102. The van der Waals surface area contributed by atoms with Crippen molar-refractivity contribution in [2.75, 3.05) is 19.4 Å². The quantitative estimate of drug-likeness (QED) is 0.791. The summed E-state index contributed by atoms with van der Waals surface area (Å²) >= 11 is 4.15. The summed E-state index contributed by atoms with van der Waals surface area (Å²) in [5, 5.41) is 3.21. The first-order valence-corrected chi connectivity index (χ1v) is 8.66. The van der Waals surface area contributed by atoms with Crippen LogP contribution >= 0.6 is 12.6 Å². The van der Waals surface area contributed by atoms with E-state index < -0.39 is 0 Å². The van der Waals surface area contributed by atoms with Crippen molar-refractivity contribution in [1.82, 2.24) is 10.2 Å². The standard InChI is InChI=1S/C17H24N2O2S/c1-21-14-4-2-3-12(11-14)17-15(18-16(20)8-10-22)7-9-19(17)13-5-6-13/h2-4,11,13,15,17,22H,5-10H2,1H3,(H,18,20). The molecule has 5 heteroatoms. The molecule has 1 aliphatic heterocycles. The van der Waals surface area contributed by atoms with Gasteiger partial charge in [-0.25, -0.2) is 0 Å². The minimum absolute atomic E-state index is 0.102. The third kappa shape index (κ3) is 3.41. The third-order valence-corrected chi connectivity index (χ3v) is 4.80. The maximum absolute atomic E-state index is 12.0. The molecule has 2 aliphatic rings. The average Bonchev–Trinajstić information content (AvgIpc) is 3.29. The SMILES string of the molecule is COc1cccc(C2C(NC(=O)CCS)CCN2C2CC2)c1. The van der Waals surface area contributed by atoms with Gasteiger partial charge < -0.3 is 10.1 Å². The van der Waals surface area contributed by atoms with Crippen molar-refractivity contribution >= 4 is 18.5 Å². The summed E-state index contributed by atoms with van der Waals surface area (Å²) in [5.41, 5.74) is 1.24. The lowest BCUT2D eigenvalue weighted by Gasteiger charge is -2.29. The predicted molar refractivity (Wildman–Crippen MR) is 90.5 cm³/mol. The van der Waals surface area contributed by atoms with Crippen LogP contribution in [0.15, 0.2) is 24.3 Å². The van der Waals surface area contributed by atoms with Gasteiger partial charge in [0.25, 0.3) is 0 Å². The molecule has 1 amide bonds. The highest BCUT2D eigenvalue weighted by atomic mass is 32.1. The van der Waals surface area contributed by atoms with Gasteiger partial charge in [0.05, 0.1) is 13.2 Å². The van der Waals surface area contributed by atoms with Crippen LogP contribution in [0.4, 0.5) is 0 Å². The van der Waals surface area contributed by atoms with Crippen LogP contribution < -0.4 is 10.1 Å². The molecule has 1 saturated carbocycles. The highest BCUT2D eigenvalue weighted by molar-refractivity contribution is 7.80. The first kappa shape index (κ1) is 15.7. The lowest BCUT2D eigenvalue weighted by atomic mass is 9.99. The van der Waals surface area contributed by atoms with Gasteiger partial charge in [-0.1, -0.05) is 12.1 Å². The summed E-state index contributed by atoms with van der Waals surface area (Å²) in [6.45, 7) is 1.05. The number of ether oxygens (including phenoxy) is 1. The normalized spacial score (nSPS) is 25.2. The molecule has 2 unspecified atom stereocenters. The Morgan fingerprint density at radius 1 is 1.41 bits per heavy atom. The Morgan fingerprint density at radius 3 is 2.91 bits per heavy atom. The van der Waals surface area contributed by atoms with Gasteiger partial charge in [-0.05, 0) is 42.7 Å². The molecule has 3 rings (SSSR count). The van der Waals surface area contributed by atoms with E-state index >= 15 is 0 Å². The van der Waals surface area contributed by atoms with Crippen LogP contribution in [0.5, 0.6) is 5.75 Å². The van der Waals surface area contributed by atoms with E-state index in [1.54, 1.807) is 7.11 Å². The number of likely N-dealkylation sites (tertiary alicyclic amines) is 1. The molecule has 120 valence electrons. The van der Waals surface area contributed by atoms with Crippen molar-refractivity contribution in [1.29, 1.82) is 0 Å². The van der Waals surface area contributed by atoms with E-state index in [4.69, 9.17) is 4.74 Å². The summed E-state index contributed by atoms with van der Waals surface area (Å²) in [4.78, 5) is 14.5. The number of benzene rings is 1. The Kier molecular flexibility index (Phi) is 4.93. The fourth-order valence-electron chi connectivity index (χ4n) is 3.41. The molecule has 0 radical (unpaired) electrons. The van der Waals surface area contributed by atoms with Gasteiger partial charge in [-0.2, -0.15) is 12.6 Å². The molecule has 1 aromatic carbocycles. The Morgan fingerprint density at radius 2 is 2.23 bits per heavy atom. The Labute approximate surface area is 137 Å². The topological polar surface area (TPSA) is 41.6 Å². The second kappa shape index (κ2) is 6.92. The van der Waals surface area contributed by atoms with Crippen LogP contribution in [0.25, 0.3) is 0 Å². The van der Waals surface area contributed by atoms with Crippen molar-refractivity contribution in [3.05, 3.63) is 29.8 Å². The largest absolute Gasteiger partial charge is 0.497 e. The molecular weight excluding hydrogens is 296 g/mol. The molecule has 0 bridgehead atoms. The zero-order valence-corrected chi connectivity index (χ0v) is 13.9. The number of rotatable bonds is 6. The molecule has 1 aromatic rings. The van der Waals surface area contributed by atoms with Crippen molar-refractivity contribution in [2.24, 2.45) is 0 Å². The molecule has 1 aliphatic carbocycles. The van der Waals surface area contributed by atoms with Crippen molar-refractivity contribution < 1.29 is 9.53 Å². The van der Waals surface area contributed by atoms with Gasteiger partial charge in [0.1, 0.15) is 5.75 Å². The smallest absolute Gasteiger partial charge is 0.221 e. The number of nitrogens with one attached hydrogen (secondary N) is 1. The van der Waals surface area contributed by atoms with Crippen molar-refractivity contribution in [3.63, 3.8) is 0 Å². The maximum atomic E-state index is 12.0. The van der Waals surface area contributed by atoms with Gasteiger partial charge in [-0.3, -0.25) is 9.69 Å². The molecule has 2 atom stereocenters. The Hall–Kier alpha value is -1.20. The lowest BCUT2D eigenvalue weighted by Crippen LogP contribution is -2.40. The highest BCUT2D eigenvalue weighted by Gasteiger charge is 2.43. The number of methoxy groups -OCH3 is 1. The number of nitrogens with zero attached hydrogens (tertiary/aromatic N) is 1. The van der Waals surface area contributed by atoms with Gasteiger partial charge in [0.2, 0.25) is 5.91 Å². The van der Waals surface area contributed by atoms with Crippen LogP contribution in [0, 0.1) is 0 Å². The number of carbonyl (C=O) groups excluding carboxylic acids is 1. The molecule has 2 fully saturated rings. The molecule has 1 N–H and O–H groups in total. The minimum Gasteiger partial charge on any atom is -0.497 e. The summed E-state index contributed by atoms with van der Waals surface area (Å²) in [6.07, 6.45) is 4.04. The number of hydrogen-bond donors (Lipinski definition) is 2. The van der Waals surface area contributed by atoms with Crippen molar-refractivity contribution in [2.45, 2.75) is 43.8 Å². The zero-order valence-electron chi connectivity index (χ0n) is 13.0. The third-order valence-electron chi connectivity index (χ3n) is 4.57. The highest BCUT2D eigenvalue weighted by Crippen LogP contribution is 2.41. The lowest BCUT2D eigenvalue weighted by molar-refractivity contribution is -0.121. The molecule has 22 heavy (non-hydrogen) atoms.